The molecule has 0 spiro atoms. The molecule has 15 heavy (non-hydrogen) atoms. The molecule has 0 saturated carbocycles. The van der Waals surface area contributed by atoms with E-state index in [-0.39, 0.29) is 24.3 Å². The number of carbonyl (C=O) groups excluding carboxylic acids is 2. The van der Waals surface area contributed by atoms with Crippen molar-refractivity contribution in [3.63, 3.8) is 0 Å². The van der Waals surface area contributed by atoms with Gasteiger partial charge in [-0.2, -0.15) is 0 Å². The van der Waals surface area contributed by atoms with Crippen LogP contribution in [-0.2, 0) is 14.3 Å². The first-order valence-electron chi connectivity index (χ1n) is 5.08. The highest BCUT2D eigenvalue weighted by atomic mass is 16.5. The highest BCUT2D eigenvalue weighted by molar-refractivity contribution is 5.90. The first-order chi connectivity index (χ1) is 7.18. The van der Waals surface area contributed by atoms with Crippen LogP contribution in [0.2, 0.25) is 0 Å². The number of hydrogen-bond acceptors (Lipinski definition) is 4. The molecule has 84 valence electrons. The SMILES string of the molecule is CN1NC(C(=O)N2CCOCC2)CC1=O. The fraction of sp³-hybridized carbons (Fsp3) is 0.778. The molecule has 2 amide bonds. The molecule has 1 N–H and O–H groups in total. The van der Waals surface area contributed by atoms with Gasteiger partial charge < -0.3 is 9.64 Å². The second-order valence-corrected chi connectivity index (χ2v) is 3.78. The molecule has 0 aromatic carbocycles. The third kappa shape index (κ3) is 2.10. The molecule has 6 heteroatoms. The van der Waals surface area contributed by atoms with Crippen LogP contribution >= 0.6 is 0 Å². The molecule has 1 unspecified atom stereocenters. The maximum absolute atomic E-state index is 11.9. The second kappa shape index (κ2) is 4.16. The molecule has 2 heterocycles. The fourth-order valence-corrected chi connectivity index (χ4v) is 1.81. The van der Waals surface area contributed by atoms with E-state index in [1.165, 1.54) is 5.01 Å². The average molecular weight is 213 g/mol. The van der Waals surface area contributed by atoms with Gasteiger partial charge in [0.25, 0.3) is 0 Å². The zero-order valence-electron chi connectivity index (χ0n) is 8.73. The highest BCUT2D eigenvalue weighted by Gasteiger charge is 2.34. The number of nitrogens with one attached hydrogen (secondary N) is 1. The molecular weight excluding hydrogens is 198 g/mol. The lowest BCUT2D eigenvalue weighted by Crippen LogP contribution is -2.49. The lowest BCUT2D eigenvalue weighted by atomic mass is 10.2. The van der Waals surface area contributed by atoms with E-state index in [1.54, 1.807) is 11.9 Å². The van der Waals surface area contributed by atoms with Crippen molar-refractivity contribution >= 4 is 11.8 Å². The highest BCUT2D eigenvalue weighted by Crippen LogP contribution is 2.10. The third-order valence-corrected chi connectivity index (χ3v) is 2.72. The number of hydrazine groups is 1. The van der Waals surface area contributed by atoms with E-state index in [9.17, 15) is 9.59 Å². The van der Waals surface area contributed by atoms with Gasteiger partial charge in [0.2, 0.25) is 11.8 Å². The second-order valence-electron chi connectivity index (χ2n) is 3.78. The Hall–Kier alpha value is -1.14. The lowest BCUT2D eigenvalue weighted by molar-refractivity contribution is -0.137. The van der Waals surface area contributed by atoms with E-state index in [0.717, 1.165) is 0 Å². The molecule has 0 radical (unpaired) electrons. The fourth-order valence-electron chi connectivity index (χ4n) is 1.81. The van der Waals surface area contributed by atoms with E-state index in [0.29, 0.717) is 26.3 Å². The van der Waals surface area contributed by atoms with Crippen LogP contribution in [0.1, 0.15) is 6.42 Å². The normalized spacial score (nSPS) is 27.3. The zero-order chi connectivity index (χ0) is 10.8. The molecule has 0 aliphatic carbocycles. The number of hydrogen-bond donors (Lipinski definition) is 1. The van der Waals surface area contributed by atoms with Crippen molar-refractivity contribution in [2.24, 2.45) is 0 Å². The Morgan fingerprint density at radius 1 is 1.47 bits per heavy atom. The molecule has 0 aromatic rings. The lowest BCUT2D eigenvalue weighted by Gasteiger charge is -2.28. The van der Waals surface area contributed by atoms with E-state index >= 15 is 0 Å². The van der Waals surface area contributed by atoms with Crippen LogP contribution < -0.4 is 5.43 Å². The van der Waals surface area contributed by atoms with Crippen LogP contribution in [-0.4, -0.2) is 61.1 Å². The van der Waals surface area contributed by atoms with E-state index in [1.807, 2.05) is 0 Å². The van der Waals surface area contributed by atoms with Crippen LogP contribution in [0.25, 0.3) is 0 Å². The van der Waals surface area contributed by atoms with E-state index in [4.69, 9.17) is 4.74 Å². The van der Waals surface area contributed by atoms with Gasteiger partial charge in [-0.1, -0.05) is 0 Å². The first-order valence-corrected chi connectivity index (χ1v) is 5.08. The van der Waals surface area contributed by atoms with Crippen molar-refractivity contribution in [3.8, 4) is 0 Å². The maximum Gasteiger partial charge on any atom is 0.242 e. The molecule has 0 aromatic heterocycles. The van der Waals surface area contributed by atoms with Crippen molar-refractivity contribution in [2.45, 2.75) is 12.5 Å². The summed E-state index contributed by atoms with van der Waals surface area (Å²) in [4.78, 5) is 24.9. The van der Waals surface area contributed by atoms with Gasteiger partial charge in [0, 0.05) is 20.1 Å². The van der Waals surface area contributed by atoms with Crippen molar-refractivity contribution in [1.82, 2.24) is 15.3 Å². The largest absolute Gasteiger partial charge is 0.378 e. The summed E-state index contributed by atoms with van der Waals surface area (Å²) in [5.74, 6) is -0.0439. The van der Waals surface area contributed by atoms with Gasteiger partial charge in [-0.15, -0.1) is 0 Å². The third-order valence-electron chi connectivity index (χ3n) is 2.72. The summed E-state index contributed by atoms with van der Waals surface area (Å²) in [7, 11) is 1.63. The smallest absolute Gasteiger partial charge is 0.242 e. The quantitative estimate of drug-likeness (QED) is 0.581. The van der Waals surface area contributed by atoms with Crippen LogP contribution in [0.15, 0.2) is 0 Å². The standard InChI is InChI=1S/C9H15N3O3/c1-11-8(13)6-7(10-11)9(14)12-2-4-15-5-3-12/h7,10H,2-6H2,1H3. The summed E-state index contributed by atoms with van der Waals surface area (Å²) in [6.07, 6.45) is 0.257. The van der Waals surface area contributed by atoms with E-state index < -0.39 is 0 Å². The topological polar surface area (TPSA) is 61.9 Å². The monoisotopic (exact) mass is 213 g/mol. The Labute approximate surface area is 88.1 Å². The van der Waals surface area contributed by atoms with E-state index in [2.05, 4.69) is 5.43 Å². The van der Waals surface area contributed by atoms with Gasteiger partial charge in [-0.25, -0.2) is 5.43 Å². The summed E-state index contributed by atoms with van der Waals surface area (Å²) >= 11 is 0. The maximum atomic E-state index is 11.9. The molecular formula is C9H15N3O3. The van der Waals surface area contributed by atoms with Crippen LogP contribution in [0.5, 0.6) is 0 Å². The minimum Gasteiger partial charge on any atom is -0.378 e. The van der Waals surface area contributed by atoms with Crippen molar-refractivity contribution in [3.05, 3.63) is 0 Å². The Bertz CT molecular complexity index is 276. The minimum atomic E-state index is -0.388. The Morgan fingerprint density at radius 3 is 2.67 bits per heavy atom. The van der Waals surface area contributed by atoms with Gasteiger partial charge in [0.15, 0.2) is 0 Å². The number of ether oxygens (including phenoxy) is 1. The van der Waals surface area contributed by atoms with Crippen LogP contribution in [0.3, 0.4) is 0 Å². The van der Waals surface area contributed by atoms with Gasteiger partial charge in [0.05, 0.1) is 19.6 Å². The first kappa shape index (κ1) is 10.4. The molecule has 2 fully saturated rings. The van der Waals surface area contributed by atoms with Crippen LogP contribution in [0.4, 0.5) is 0 Å². The number of nitrogens with zero attached hydrogens (tertiary/aromatic N) is 2. The summed E-state index contributed by atoms with van der Waals surface area (Å²) in [6.45, 7) is 2.41. The summed E-state index contributed by atoms with van der Waals surface area (Å²) in [6, 6.07) is -0.388. The number of morpholine rings is 1. The van der Waals surface area contributed by atoms with Gasteiger partial charge in [0.1, 0.15) is 6.04 Å². The Kier molecular flexibility index (Phi) is 2.88. The van der Waals surface area contributed by atoms with Gasteiger partial charge >= 0.3 is 0 Å². The van der Waals surface area contributed by atoms with Crippen molar-refractivity contribution in [1.29, 1.82) is 0 Å². The molecule has 2 aliphatic rings. The van der Waals surface area contributed by atoms with Gasteiger partial charge in [-0.3, -0.25) is 14.6 Å². The zero-order valence-corrected chi connectivity index (χ0v) is 8.73. The molecule has 6 nitrogen and oxygen atoms in total. The minimum absolute atomic E-state index is 0.00370. The number of carbonyl (C=O) groups is 2. The van der Waals surface area contributed by atoms with Crippen molar-refractivity contribution in [2.75, 3.05) is 33.4 Å². The summed E-state index contributed by atoms with van der Waals surface area (Å²) < 4.78 is 5.16. The molecule has 2 saturated heterocycles. The molecule has 2 rings (SSSR count). The van der Waals surface area contributed by atoms with Gasteiger partial charge in [-0.05, 0) is 0 Å². The molecule has 1 atom stereocenters. The van der Waals surface area contributed by atoms with Crippen molar-refractivity contribution < 1.29 is 14.3 Å². The molecule has 0 bridgehead atoms. The number of rotatable bonds is 1. The molecule has 2 aliphatic heterocycles. The number of amides is 2. The Balaban J connectivity index is 1.93. The van der Waals surface area contributed by atoms with Crippen LogP contribution in [0, 0.1) is 0 Å². The summed E-state index contributed by atoms with van der Waals surface area (Å²) in [5.41, 5.74) is 2.85. The summed E-state index contributed by atoms with van der Waals surface area (Å²) in [5, 5.41) is 1.38. The predicted molar refractivity (Wildman–Crippen MR) is 51.7 cm³/mol. The Morgan fingerprint density at radius 2 is 2.13 bits per heavy atom. The average Bonchev–Trinajstić information content (AvgIpc) is 2.59. The predicted octanol–water partition coefficient (Wildman–Crippen LogP) is -1.42.